The second-order valence-electron chi connectivity index (χ2n) is 8.26. The van der Waals surface area contributed by atoms with Crippen LogP contribution in [-0.4, -0.2) is 24.2 Å². The van der Waals surface area contributed by atoms with E-state index in [1.807, 2.05) is 12.1 Å². The molecule has 0 aromatic heterocycles. The zero-order valence-corrected chi connectivity index (χ0v) is 19.7. The summed E-state index contributed by atoms with van der Waals surface area (Å²) in [5.41, 5.74) is 0.804. The summed E-state index contributed by atoms with van der Waals surface area (Å²) in [5, 5.41) is 6.70. The molecule has 150 valence electrons. The number of benzene rings is 1. The van der Waals surface area contributed by atoms with E-state index in [4.69, 9.17) is 17.0 Å². The largest absolute Gasteiger partial charge is 0.495 e. The maximum Gasteiger partial charge on any atom is 0.250 e. The number of rotatable bonds is 4. The molecular formula is C21H24Br2N2O2S. The fraction of sp³-hybridized carbons (Fsp3) is 0.524. The molecule has 4 aliphatic rings. The van der Waals surface area contributed by atoms with E-state index in [1.165, 1.54) is 38.2 Å². The predicted octanol–water partition coefficient (Wildman–Crippen LogP) is 5.05. The van der Waals surface area contributed by atoms with Crippen molar-refractivity contribution < 1.29 is 9.53 Å². The van der Waals surface area contributed by atoms with Crippen LogP contribution in [0.4, 0.5) is 0 Å². The quantitative estimate of drug-likeness (QED) is 0.425. The van der Waals surface area contributed by atoms with E-state index in [-0.39, 0.29) is 5.91 Å². The van der Waals surface area contributed by atoms with Gasteiger partial charge in [0.2, 0.25) is 5.91 Å². The molecule has 0 radical (unpaired) electrons. The third kappa shape index (κ3) is 4.31. The summed E-state index contributed by atoms with van der Waals surface area (Å²) in [6.45, 7) is 0. The molecule has 0 aliphatic heterocycles. The normalized spacial score (nSPS) is 30.5. The first-order chi connectivity index (χ1) is 13.4. The van der Waals surface area contributed by atoms with Crippen LogP contribution < -0.4 is 15.4 Å². The van der Waals surface area contributed by atoms with E-state index in [9.17, 15) is 4.79 Å². The van der Waals surface area contributed by atoms with Gasteiger partial charge in [0.05, 0.1) is 11.6 Å². The van der Waals surface area contributed by atoms with E-state index in [0.717, 1.165) is 26.3 Å². The summed E-state index contributed by atoms with van der Waals surface area (Å²) in [7, 11) is 1.61. The molecule has 0 atom stereocenters. The third-order valence-corrected chi connectivity index (χ3v) is 7.68. The van der Waals surface area contributed by atoms with Gasteiger partial charge in [0.25, 0.3) is 0 Å². The van der Waals surface area contributed by atoms with Gasteiger partial charge in [-0.3, -0.25) is 10.1 Å². The molecule has 4 saturated carbocycles. The molecule has 1 aromatic rings. The van der Waals surface area contributed by atoms with Gasteiger partial charge in [-0.15, -0.1) is 0 Å². The van der Waals surface area contributed by atoms with Crippen molar-refractivity contribution >= 4 is 61.2 Å². The summed E-state index contributed by atoms with van der Waals surface area (Å²) in [4.78, 5) is 12.4. The summed E-state index contributed by atoms with van der Waals surface area (Å²) >= 11 is 12.4. The van der Waals surface area contributed by atoms with E-state index in [0.29, 0.717) is 28.7 Å². The Morgan fingerprint density at radius 3 is 2.39 bits per heavy atom. The molecule has 0 saturated heterocycles. The van der Waals surface area contributed by atoms with Crippen LogP contribution in [0.2, 0.25) is 0 Å². The number of halogens is 2. The van der Waals surface area contributed by atoms with E-state index in [1.54, 1.807) is 13.2 Å². The zero-order chi connectivity index (χ0) is 19.8. The first-order valence-corrected chi connectivity index (χ1v) is 11.7. The summed E-state index contributed by atoms with van der Waals surface area (Å²) < 4.78 is 7.14. The second-order valence-corrected chi connectivity index (χ2v) is 10.4. The minimum Gasteiger partial charge on any atom is -0.495 e. The molecule has 4 aliphatic carbocycles. The van der Waals surface area contributed by atoms with Crippen LogP contribution in [0, 0.1) is 23.7 Å². The Bertz CT molecular complexity index is 799. The van der Waals surface area contributed by atoms with Crippen molar-refractivity contribution in [3.05, 3.63) is 32.7 Å². The van der Waals surface area contributed by atoms with Gasteiger partial charge in [0.15, 0.2) is 5.11 Å². The van der Waals surface area contributed by atoms with Gasteiger partial charge < -0.3 is 10.1 Å². The Morgan fingerprint density at radius 2 is 1.79 bits per heavy atom. The Balaban J connectivity index is 1.35. The van der Waals surface area contributed by atoms with Crippen LogP contribution in [0.25, 0.3) is 6.08 Å². The smallest absolute Gasteiger partial charge is 0.250 e. The topological polar surface area (TPSA) is 50.4 Å². The Morgan fingerprint density at radius 1 is 1.14 bits per heavy atom. The molecular weight excluding hydrogens is 504 g/mol. The summed E-state index contributed by atoms with van der Waals surface area (Å²) in [5.74, 6) is 3.72. The first kappa shape index (κ1) is 20.4. The van der Waals surface area contributed by atoms with Gasteiger partial charge in [-0.1, -0.05) is 15.9 Å². The van der Waals surface area contributed by atoms with Crippen molar-refractivity contribution in [2.75, 3.05) is 7.11 Å². The van der Waals surface area contributed by atoms with Gasteiger partial charge in [-0.25, -0.2) is 0 Å². The zero-order valence-electron chi connectivity index (χ0n) is 15.7. The van der Waals surface area contributed by atoms with Crippen LogP contribution >= 0.6 is 44.1 Å². The highest BCUT2D eigenvalue weighted by molar-refractivity contribution is 9.11. The van der Waals surface area contributed by atoms with Crippen LogP contribution in [0.3, 0.4) is 0 Å². The van der Waals surface area contributed by atoms with Crippen LogP contribution in [0.5, 0.6) is 5.75 Å². The molecule has 1 amide bonds. The van der Waals surface area contributed by atoms with Crippen molar-refractivity contribution in [2.24, 2.45) is 23.7 Å². The number of carbonyl (C=O) groups is 1. The number of hydrogen-bond acceptors (Lipinski definition) is 3. The van der Waals surface area contributed by atoms with Crippen molar-refractivity contribution in [3.8, 4) is 5.75 Å². The lowest BCUT2D eigenvalue weighted by Crippen LogP contribution is -2.57. The molecule has 0 unspecified atom stereocenters. The number of carbonyl (C=O) groups excluding carboxylic acids is 1. The van der Waals surface area contributed by atoms with Gasteiger partial charge >= 0.3 is 0 Å². The van der Waals surface area contributed by atoms with Gasteiger partial charge in [-0.2, -0.15) is 0 Å². The number of ether oxygens (including phenoxy) is 1. The predicted molar refractivity (Wildman–Crippen MR) is 122 cm³/mol. The molecule has 28 heavy (non-hydrogen) atoms. The van der Waals surface area contributed by atoms with E-state index >= 15 is 0 Å². The van der Waals surface area contributed by atoms with Gasteiger partial charge in [0, 0.05) is 22.2 Å². The maximum absolute atomic E-state index is 12.4. The highest BCUT2D eigenvalue weighted by Crippen LogP contribution is 2.53. The fourth-order valence-corrected chi connectivity index (χ4v) is 7.24. The minimum absolute atomic E-state index is 0.237. The average molecular weight is 528 g/mol. The Labute approximate surface area is 188 Å². The lowest BCUT2D eigenvalue weighted by molar-refractivity contribution is -0.115. The van der Waals surface area contributed by atoms with Crippen molar-refractivity contribution in [2.45, 2.75) is 38.1 Å². The third-order valence-electron chi connectivity index (χ3n) is 6.42. The summed E-state index contributed by atoms with van der Waals surface area (Å²) in [6.07, 6.45) is 9.92. The highest BCUT2D eigenvalue weighted by Gasteiger charge is 2.48. The van der Waals surface area contributed by atoms with E-state index < -0.39 is 0 Å². The molecule has 7 heteroatoms. The summed E-state index contributed by atoms with van der Waals surface area (Å²) in [6, 6.07) is 4.23. The van der Waals surface area contributed by atoms with E-state index in [2.05, 4.69) is 42.5 Å². The Hall–Kier alpha value is -0.920. The van der Waals surface area contributed by atoms with Crippen molar-refractivity contribution in [1.29, 1.82) is 0 Å². The number of methoxy groups -OCH3 is 1. The number of nitrogens with one attached hydrogen (secondary N) is 2. The lowest BCUT2D eigenvalue weighted by Gasteiger charge is -2.54. The molecule has 1 aromatic carbocycles. The van der Waals surface area contributed by atoms with Gasteiger partial charge in [0.1, 0.15) is 5.75 Å². The van der Waals surface area contributed by atoms with Crippen molar-refractivity contribution in [1.82, 2.24) is 10.6 Å². The molecule has 0 heterocycles. The minimum atomic E-state index is -0.237. The molecule has 4 bridgehead atoms. The fourth-order valence-electron chi connectivity index (χ4n) is 5.59. The second kappa shape index (κ2) is 8.44. The SMILES string of the molecule is COc1c(Br)cc(Br)cc1/C=C\C(=O)NC(=S)NC1C2CC3CC(C2)CC1C3. The Kier molecular flexibility index (Phi) is 6.14. The standard InChI is InChI=1S/C21H24Br2N2O2S/c1-27-20-13(9-16(22)10-17(20)23)2-3-18(26)24-21(28)25-19-14-5-11-4-12(7-14)8-15(19)6-11/h2-3,9-12,14-15,19H,4-8H2,1H3,(H2,24,25,26,28)/b3-2-. The first-order valence-electron chi connectivity index (χ1n) is 9.75. The monoisotopic (exact) mass is 526 g/mol. The number of thiocarbonyl (C=S) groups is 1. The lowest BCUT2D eigenvalue weighted by atomic mass is 9.54. The van der Waals surface area contributed by atoms with Crippen LogP contribution in [-0.2, 0) is 4.79 Å². The average Bonchev–Trinajstić information content (AvgIpc) is 2.62. The highest BCUT2D eigenvalue weighted by atomic mass is 79.9. The van der Waals surface area contributed by atoms with Crippen LogP contribution in [0.1, 0.15) is 37.7 Å². The molecule has 2 N–H and O–H groups in total. The molecule has 4 nitrogen and oxygen atoms in total. The maximum atomic E-state index is 12.4. The van der Waals surface area contributed by atoms with Crippen molar-refractivity contribution in [3.63, 3.8) is 0 Å². The molecule has 4 fully saturated rings. The number of amides is 1. The molecule has 0 spiro atoms. The van der Waals surface area contributed by atoms with Crippen LogP contribution in [0.15, 0.2) is 27.2 Å². The molecule has 5 rings (SSSR count). The number of hydrogen-bond donors (Lipinski definition) is 2. The van der Waals surface area contributed by atoms with Gasteiger partial charge in [-0.05, 0) is 102 Å².